The van der Waals surface area contributed by atoms with Crippen molar-refractivity contribution in [2.45, 2.75) is 13.0 Å². The van der Waals surface area contributed by atoms with Gasteiger partial charge in [-0.2, -0.15) is 0 Å². The Labute approximate surface area is 128 Å². The standard InChI is InChI=1S/C19H15FO2/c1-13(14-9-11-16(20)12-10-14)22-19(21)18-8-4-6-15-5-2-3-7-17(15)18/h2-13H,1H3/t13-/m1/s1. The molecule has 1 atom stereocenters. The highest BCUT2D eigenvalue weighted by Crippen LogP contribution is 2.23. The molecule has 22 heavy (non-hydrogen) atoms. The summed E-state index contributed by atoms with van der Waals surface area (Å²) in [6.45, 7) is 1.77. The molecule has 0 N–H and O–H groups in total. The third-order valence-electron chi connectivity index (χ3n) is 3.63. The van der Waals surface area contributed by atoms with Crippen molar-refractivity contribution < 1.29 is 13.9 Å². The molecule has 0 saturated heterocycles. The van der Waals surface area contributed by atoms with E-state index in [1.54, 1.807) is 25.1 Å². The molecule has 0 spiro atoms. The summed E-state index contributed by atoms with van der Waals surface area (Å²) in [5, 5.41) is 1.85. The van der Waals surface area contributed by atoms with Crippen LogP contribution in [-0.2, 0) is 4.74 Å². The maximum absolute atomic E-state index is 12.9. The van der Waals surface area contributed by atoms with Crippen LogP contribution in [0.2, 0.25) is 0 Å². The molecule has 3 heteroatoms. The van der Waals surface area contributed by atoms with Crippen LogP contribution in [0, 0.1) is 5.82 Å². The molecule has 0 saturated carbocycles. The van der Waals surface area contributed by atoms with Gasteiger partial charge in [0.05, 0.1) is 5.56 Å². The Kier molecular flexibility index (Phi) is 3.88. The highest BCUT2D eigenvalue weighted by Gasteiger charge is 2.15. The molecule has 0 aliphatic heterocycles. The van der Waals surface area contributed by atoms with Crippen LogP contribution in [0.4, 0.5) is 4.39 Å². The fraction of sp³-hybridized carbons (Fsp3) is 0.105. The summed E-state index contributed by atoms with van der Waals surface area (Å²) in [6, 6.07) is 19.2. The van der Waals surface area contributed by atoms with Crippen molar-refractivity contribution in [2.75, 3.05) is 0 Å². The summed E-state index contributed by atoms with van der Waals surface area (Å²) in [5.74, 6) is -0.690. The quantitative estimate of drug-likeness (QED) is 0.642. The molecular formula is C19H15FO2. The van der Waals surface area contributed by atoms with Crippen molar-refractivity contribution >= 4 is 16.7 Å². The minimum absolute atomic E-state index is 0.309. The van der Waals surface area contributed by atoms with E-state index in [0.717, 1.165) is 16.3 Å². The number of esters is 1. The van der Waals surface area contributed by atoms with Crippen LogP contribution in [0.25, 0.3) is 10.8 Å². The molecule has 110 valence electrons. The van der Waals surface area contributed by atoms with Gasteiger partial charge in [-0.1, -0.05) is 48.5 Å². The minimum Gasteiger partial charge on any atom is -0.454 e. The molecule has 0 aromatic heterocycles. The van der Waals surface area contributed by atoms with E-state index in [9.17, 15) is 9.18 Å². The van der Waals surface area contributed by atoms with Crippen molar-refractivity contribution in [1.29, 1.82) is 0 Å². The largest absolute Gasteiger partial charge is 0.454 e. The number of hydrogen-bond acceptors (Lipinski definition) is 2. The van der Waals surface area contributed by atoms with Gasteiger partial charge in [0.25, 0.3) is 0 Å². The Morgan fingerprint density at radius 1 is 0.955 bits per heavy atom. The summed E-state index contributed by atoms with van der Waals surface area (Å²) in [5.41, 5.74) is 1.29. The van der Waals surface area contributed by atoms with Gasteiger partial charge in [-0.05, 0) is 41.5 Å². The number of carbonyl (C=O) groups is 1. The van der Waals surface area contributed by atoms with Gasteiger partial charge in [0, 0.05) is 0 Å². The molecule has 3 rings (SSSR count). The van der Waals surface area contributed by atoms with Crippen molar-refractivity contribution in [3.8, 4) is 0 Å². The summed E-state index contributed by atoms with van der Waals surface area (Å²) in [6.07, 6.45) is -0.438. The van der Waals surface area contributed by atoms with Gasteiger partial charge >= 0.3 is 5.97 Å². The zero-order chi connectivity index (χ0) is 15.5. The summed E-state index contributed by atoms with van der Waals surface area (Å²) < 4.78 is 18.5. The number of carbonyl (C=O) groups excluding carboxylic acids is 1. The monoisotopic (exact) mass is 294 g/mol. The van der Waals surface area contributed by atoms with E-state index in [-0.39, 0.29) is 11.8 Å². The lowest BCUT2D eigenvalue weighted by molar-refractivity contribution is 0.0340. The molecule has 2 nitrogen and oxygen atoms in total. The number of ether oxygens (including phenoxy) is 1. The normalized spacial score (nSPS) is 12.1. The zero-order valence-corrected chi connectivity index (χ0v) is 12.1. The average Bonchev–Trinajstić information content (AvgIpc) is 2.54. The lowest BCUT2D eigenvalue weighted by Crippen LogP contribution is -2.09. The molecular weight excluding hydrogens is 279 g/mol. The third kappa shape index (κ3) is 2.84. The molecule has 0 bridgehead atoms. The van der Waals surface area contributed by atoms with Gasteiger partial charge in [0.15, 0.2) is 0 Å². The van der Waals surface area contributed by atoms with Crippen molar-refractivity contribution in [2.24, 2.45) is 0 Å². The third-order valence-corrected chi connectivity index (χ3v) is 3.63. The van der Waals surface area contributed by atoms with E-state index in [2.05, 4.69) is 0 Å². The van der Waals surface area contributed by atoms with Gasteiger partial charge in [0.1, 0.15) is 11.9 Å². The molecule has 0 aliphatic rings. The predicted molar refractivity (Wildman–Crippen MR) is 84.2 cm³/mol. The number of rotatable bonds is 3. The van der Waals surface area contributed by atoms with Crippen molar-refractivity contribution in [3.05, 3.63) is 83.7 Å². The fourth-order valence-corrected chi connectivity index (χ4v) is 2.43. The molecule has 3 aromatic carbocycles. The van der Waals surface area contributed by atoms with E-state index in [1.165, 1.54) is 12.1 Å². The lowest BCUT2D eigenvalue weighted by atomic mass is 10.0. The van der Waals surface area contributed by atoms with Crippen LogP contribution in [0.15, 0.2) is 66.7 Å². The first-order valence-electron chi connectivity index (χ1n) is 7.09. The van der Waals surface area contributed by atoms with Gasteiger partial charge < -0.3 is 4.74 Å². The molecule has 0 heterocycles. The zero-order valence-electron chi connectivity index (χ0n) is 12.1. The molecule has 0 unspecified atom stereocenters. The van der Waals surface area contributed by atoms with Gasteiger partial charge in [-0.15, -0.1) is 0 Å². The van der Waals surface area contributed by atoms with E-state index in [4.69, 9.17) is 4.74 Å². The maximum atomic E-state index is 12.9. The summed E-state index contributed by atoms with van der Waals surface area (Å²) in [4.78, 5) is 12.4. The van der Waals surface area contributed by atoms with Gasteiger partial charge in [-0.3, -0.25) is 0 Å². The van der Waals surface area contributed by atoms with Gasteiger partial charge in [-0.25, -0.2) is 9.18 Å². The maximum Gasteiger partial charge on any atom is 0.339 e. The first-order valence-corrected chi connectivity index (χ1v) is 7.09. The number of benzene rings is 3. The van der Waals surface area contributed by atoms with E-state index < -0.39 is 6.10 Å². The summed E-state index contributed by atoms with van der Waals surface area (Å²) >= 11 is 0. The minimum atomic E-state index is -0.438. The average molecular weight is 294 g/mol. The molecule has 0 aliphatic carbocycles. The van der Waals surface area contributed by atoms with Gasteiger partial charge in [0.2, 0.25) is 0 Å². The van der Waals surface area contributed by atoms with Crippen LogP contribution in [0.3, 0.4) is 0 Å². The molecule has 0 fully saturated rings. The van der Waals surface area contributed by atoms with E-state index in [1.807, 2.05) is 36.4 Å². The van der Waals surface area contributed by atoms with Crippen LogP contribution in [0.5, 0.6) is 0 Å². The van der Waals surface area contributed by atoms with Crippen LogP contribution < -0.4 is 0 Å². The number of halogens is 1. The van der Waals surface area contributed by atoms with Crippen LogP contribution >= 0.6 is 0 Å². The first-order chi connectivity index (χ1) is 10.6. The highest BCUT2D eigenvalue weighted by molar-refractivity contribution is 6.04. The Morgan fingerprint density at radius 2 is 1.64 bits per heavy atom. The van der Waals surface area contributed by atoms with Crippen LogP contribution in [0.1, 0.15) is 28.9 Å². The number of fused-ring (bicyclic) bond motifs is 1. The van der Waals surface area contributed by atoms with E-state index >= 15 is 0 Å². The second-order valence-electron chi connectivity index (χ2n) is 5.13. The Morgan fingerprint density at radius 3 is 2.41 bits per heavy atom. The molecule has 3 aromatic rings. The van der Waals surface area contributed by atoms with Crippen molar-refractivity contribution in [1.82, 2.24) is 0 Å². The first kappa shape index (κ1) is 14.3. The molecule has 0 amide bonds. The predicted octanol–water partition coefficient (Wildman–Crippen LogP) is 4.90. The highest BCUT2D eigenvalue weighted by atomic mass is 19.1. The Balaban J connectivity index is 1.85. The smallest absolute Gasteiger partial charge is 0.339 e. The second kappa shape index (κ2) is 5.98. The Bertz CT molecular complexity index is 804. The summed E-state index contributed by atoms with van der Waals surface area (Å²) in [7, 11) is 0. The second-order valence-corrected chi connectivity index (χ2v) is 5.13. The van der Waals surface area contributed by atoms with E-state index in [0.29, 0.717) is 5.56 Å². The number of hydrogen-bond donors (Lipinski definition) is 0. The SMILES string of the molecule is C[C@@H](OC(=O)c1cccc2ccccc12)c1ccc(F)cc1. The van der Waals surface area contributed by atoms with Crippen molar-refractivity contribution in [3.63, 3.8) is 0 Å². The topological polar surface area (TPSA) is 26.3 Å². The lowest BCUT2D eigenvalue weighted by Gasteiger charge is -2.14. The van der Waals surface area contributed by atoms with Crippen LogP contribution in [-0.4, -0.2) is 5.97 Å². The molecule has 0 radical (unpaired) electrons. The fourth-order valence-electron chi connectivity index (χ4n) is 2.43. The Hall–Kier alpha value is -2.68.